The number of H-pyrrole nitrogens is 1. The van der Waals surface area contributed by atoms with Crippen molar-refractivity contribution in [3.05, 3.63) is 42.4 Å². The van der Waals surface area contributed by atoms with E-state index in [4.69, 9.17) is 9.47 Å². The number of nitrogens with one attached hydrogen (secondary N) is 2. The van der Waals surface area contributed by atoms with Crippen molar-refractivity contribution in [2.24, 2.45) is 10.9 Å². The average molecular weight is 400 g/mol. The molecule has 0 unspecified atom stereocenters. The fourth-order valence-corrected chi connectivity index (χ4v) is 3.43. The van der Waals surface area contributed by atoms with Crippen LogP contribution in [0.5, 0.6) is 0 Å². The summed E-state index contributed by atoms with van der Waals surface area (Å²) in [5.74, 6) is 2.42. The number of ether oxygens (including phenoxy) is 2. The molecule has 1 fully saturated rings. The van der Waals surface area contributed by atoms with E-state index in [9.17, 15) is 0 Å². The van der Waals surface area contributed by atoms with Gasteiger partial charge in [0.15, 0.2) is 5.96 Å². The van der Waals surface area contributed by atoms with E-state index in [1.54, 1.807) is 7.05 Å². The molecule has 1 aliphatic heterocycles. The van der Waals surface area contributed by atoms with Crippen molar-refractivity contribution in [2.45, 2.75) is 25.8 Å². The van der Waals surface area contributed by atoms with Gasteiger partial charge in [0.25, 0.3) is 0 Å². The van der Waals surface area contributed by atoms with Crippen LogP contribution in [0.1, 0.15) is 25.1 Å². The number of imidazole rings is 1. The van der Waals surface area contributed by atoms with E-state index in [-0.39, 0.29) is 0 Å². The second kappa shape index (κ2) is 11.6. The van der Waals surface area contributed by atoms with Gasteiger partial charge in [-0.1, -0.05) is 30.3 Å². The van der Waals surface area contributed by atoms with E-state index in [1.165, 1.54) is 0 Å². The smallest absolute Gasteiger partial charge is 0.193 e. The minimum absolute atomic E-state index is 0.657. The Labute approximate surface area is 173 Å². The minimum Gasteiger partial charge on any atom is -0.381 e. The first-order valence-electron chi connectivity index (χ1n) is 10.4. The molecule has 7 heteroatoms. The molecule has 1 aliphatic rings. The predicted molar refractivity (Wildman–Crippen MR) is 116 cm³/mol. The van der Waals surface area contributed by atoms with Crippen molar-refractivity contribution in [2.75, 3.05) is 47.1 Å². The zero-order valence-electron chi connectivity index (χ0n) is 17.6. The molecule has 0 bridgehead atoms. The second-order valence-electron chi connectivity index (χ2n) is 7.42. The molecule has 0 atom stereocenters. The van der Waals surface area contributed by atoms with Gasteiger partial charge < -0.3 is 24.7 Å². The molecule has 2 N–H and O–H groups in total. The van der Waals surface area contributed by atoms with Gasteiger partial charge in [0.05, 0.1) is 18.4 Å². The number of aromatic nitrogens is 2. The number of hydrogen-bond acceptors (Lipinski definition) is 4. The predicted octanol–water partition coefficient (Wildman–Crippen LogP) is 2.92. The van der Waals surface area contributed by atoms with Crippen LogP contribution in [0.4, 0.5) is 0 Å². The summed E-state index contributed by atoms with van der Waals surface area (Å²) >= 11 is 0. The molecular formula is C22H33N5O2. The Morgan fingerprint density at radius 1 is 1.31 bits per heavy atom. The lowest BCUT2D eigenvalue weighted by molar-refractivity contribution is 0.0203. The lowest BCUT2D eigenvalue weighted by Crippen LogP contribution is -2.39. The van der Waals surface area contributed by atoms with Gasteiger partial charge in [0.1, 0.15) is 5.82 Å². The van der Waals surface area contributed by atoms with Crippen molar-refractivity contribution in [3.8, 4) is 11.3 Å². The van der Waals surface area contributed by atoms with Crippen molar-refractivity contribution in [1.29, 1.82) is 0 Å². The summed E-state index contributed by atoms with van der Waals surface area (Å²) in [7, 11) is 3.82. The van der Waals surface area contributed by atoms with Crippen LogP contribution in [0.15, 0.2) is 41.5 Å². The summed E-state index contributed by atoms with van der Waals surface area (Å²) in [6.07, 6.45) is 5.07. The van der Waals surface area contributed by atoms with Crippen LogP contribution in [-0.2, 0) is 16.0 Å². The summed E-state index contributed by atoms with van der Waals surface area (Å²) in [5.41, 5.74) is 2.16. The molecular weight excluding hydrogens is 366 g/mol. The quantitative estimate of drug-likeness (QED) is 0.385. The van der Waals surface area contributed by atoms with Gasteiger partial charge in [-0.3, -0.25) is 4.99 Å². The topological polar surface area (TPSA) is 74.8 Å². The molecule has 2 aromatic rings. The number of aromatic amines is 1. The van der Waals surface area contributed by atoms with Crippen LogP contribution in [0, 0.1) is 5.92 Å². The SMILES string of the molecule is CN=C(NCCCOCC1CCOCC1)N(C)Cc1ncc(-c2ccccc2)[nH]1. The molecule has 1 saturated heterocycles. The Morgan fingerprint density at radius 2 is 2.10 bits per heavy atom. The van der Waals surface area contributed by atoms with Gasteiger partial charge in [0.2, 0.25) is 0 Å². The monoisotopic (exact) mass is 399 g/mol. The third-order valence-corrected chi connectivity index (χ3v) is 5.12. The second-order valence-corrected chi connectivity index (χ2v) is 7.42. The van der Waals surface area contributed by atoms with Gasteiger partial charge in [-0.25, -0.2) is 4.98 Å². The molecule has 1 aromatic heterocycles. The molecule has 3 rings (SSSR count). The summed E-state index contributed by atoms with van der Waals surface area (Å²) in [5, 5.41) is 3.40. The van der Waals surface area contributed by atoms with Crippen LogP contribution < -0.4 is 5.32 Å². The maximum absolute atomic E-state index is 5.83. The molecule has 1 aromatic carbocycles. The normalized spacial score (nSPS) is 15.4. The molecule has 7 nitrogen and oxygen atoms in total. The number of nitrogens with zero attached hydrogens (tertiary/aromatic N) is 3. The zero-order chi connectivity index (χ0) is 20.3. The fraction of sp³-hybridized carbons (Fsp3) is 0.545. The Balaban J connectivity index is 1.36. The van der Waals surface area contributed by atoms with Crippen LogP contribution >= 0.6 is 0 Å². The number of aliphatic imine (C=N–C) groups is 1. The molecule has 0 amide bonds. The fourth-order valence-electron chi connectivity index (χ4n) is 3.43. The maximum atomic E-state index is 5.83. The van der Waals surface area contributed by atoms with Crippen molar-refractivity contribution in [3.63, 3.8) is 0 Å². The lowest BCUT2D eigenvalue weighted by atomic mass is 10.0. The maximum Gasteiger partial charge on any atom is 0.193 e. The van der Waals surface area contributed by atoms with E-state index >= 15 is 0 Å². The number of hydrogen-bond donors (Lipinski definition) is 2. The third-order valence-electron chi connectivity index (χ3n) is 5.12. The van der Waals surface area contributed by atoms with Crippen molar-refractivity contribution in [1.82, 2.24) is 20.2 Å². The number of rotatable bonds is 9. The molecule has 0 radical (unpaired) electrons. The summed E-state index contributed by atoms with van der Waals surface area (Å²) < 4.78 is 11.2. The van der Waals surface area contributed by atoms with E-state index in [0.29, 0.717) is 12.5 Å². The Bertz CT molecular complexity index is 741. The highest BCUT2D eigenvalue weighted by atomic mass is 16.5. The highest BCUT2D eigenvalue weighted by Crippen LogP contribution is 2.16. The van der Waals surface area contributed by atoms with Crippen LogP contribution in [0.25, 0.3) is 11.3 Å². The minimum atomic E-state index is 0.657. The van der Waals surface area contributed by atoms with E-state index in [1.807, 2.05) is 31.4 Å². The van der Waals surface area contributed by atoms with Crippen LogP contribution in [0.3, 0.4) is 0 Å². The molecule has 0 spiro atoms. The van der Waals surface area contributed by atoms with Crippen molar-refractivity contribution < 1.29 is 9.47 Å². The first-order valence-corrected chi connectivity index (χ1v) is 10.4. The van der Waals surface area contributed by atoms with E-state index in [2.05, 4.69) is 37.3 Å². The molecule has 0 saturated carbocycles. The number of guanidine groups is 1. The highest BCUT2D eigenvalue weighted by molar-refractivity contribution is 5.79. The Kier molecular flexibility index (Phi) is 8.52. The summed E-state index contributed by atoms with van der Waals surface area (Å²) in [6.45, 7) is 4.86. The average Bonchev–Trinajstić information content (AvgIpc) is 3.23. The summed E-state index contributed by atoms with van der Waals surface area (Å²) in [4.78, 5) is 14.3. The van der Waals surface area contributed by atoms with Gasteiger partial charge in [0, 0.05) is 47.1 Å². The van der Waals surface area contributed by atoms with Gasteiger partial charge >= 0.3 is 0 Å². The largest absolute Gasteiger partial charge is 0.381 e. The molecule has 158 valence electrons. The van der Waals surface area contributed by atoms with Crippen LogP contribution in [0.2, 0.25) is 0 Å². The van der Waals surface area contributed by atoms with Crippen molar-refractivity contribution >= 4 is 5.96 Å². The Morgan fingerprint density at radius 3 is 2.86 bits per heavy atom. The Hall–Kier alpha value is -2.38. The van der Waals surface area contributed by atoms with Crippen LogP contribution in [-0.4, -0.2) is 67.9 Å². The molecule has 2 heterocycles. The summed E-state index contributed by atoms with van der Waals surface area (Å²) in [6, 6.07) is 10.2. The van der Waals surface area contributed by atoms with E-state index in [0.717, 1.165) is 75.3 Å². The molecule has 0 aliphatic carbocycles. The third kappa shape index (κ3) is 6.87. The van der Waals surface area contributed by atoms with Gasteiger partial charge in [-0.2, -0.15) is 0 Å². The molecule has 29 heavy (non-hydrogen) atoms. The van der Waals surface area contributed by atoms with E-state index < -0.39 is 0 Å². The first kappa shape index (κ1) is 21.3. The standard InChI is InChI=1S/C22H33N5O2/c1-23-22(24-11-6-12-29-17-18-9-13-28-14-10-18)27(2)16-21-25-15-20(26-21)19-7-4-3-5-8-19/h3-5,7-8,15,18H,6,9-14,16-17H2,1-2H3,(H,23,24)(H,25,26). The lowest BCUT2D eigenvalue weighted by Gasteiger charge is -2.22. The zero-order valence-corrected chi connectivity index (χ0v) is 17.6. The first-order chi connectivity index (χ1) is 14.3. The van der Waals surface area contributed by atoms with Gasteiger partial charge in [-0.05, 0) is 30.7 Å². The van der Waals surface area contributed by atoms with Gasteiger partial charge in [-0.15, -0.1) is 0 Å². The highest BCUT2D eigenvalue weighted by Gasteiger charge is 2.13. The number of benzene rings is 1.